The fourth-order valence-electron chi connectivity index (χ4n) is 2.20. The van der Waals surface area contributed by atoms with E-state index in [0.29, 0.717) is 13.0 Å². The largest absolute Gasteiger partial charge is 0.333 e. The lowest BCUT2D eigenvalue weighted by atomic mass is 9.97. The molecule has 2 aliphatic rings. The lowest BCUT2D eigenvalue weighted by molar-refractivity contribution is -0.142. The predicted octanol–water partition coefficient (Wildman–Crippen LogP) is 1.30. The Morgan fingerprint density at radius 1 is 1.18 bits per heavy atom. The number of carbonyl (C=O) groups excluding carboxylic acids is 3. The van der Waals surface area contributed by atoms with Crippen LogP contribution in [0.2, 0.25) is 0 Å². The van der Waals surface area contributed by atoms with Crippen LogP contribution in [0.1, 0.15) is 32.1 Å². The van der Waals surface area contributed by atoms with E-state index in [9.17, 15) is 14.4 Å². The Hall–Kier alpha value is -1.65. The summed E-state index contributed by atoms with van der Waals surface area (Å²) in [7, 11) is 1.34. The molecule has 1 fully saturated rings. The average molecular weight is 236 g/mol. The lowest BCUT2D eigenvalue weighted by Gasteiger charge is -2.16. The van der Waals surface area contributed by atoms with Crippen LogP contribution in [-0.2, 0) is 9.59 Å². The Labute approximate surface area is 100 Å². The number of hydrogen-bond acceptors (Lipinski definition) is 3. The van der Waals surface area contributed by atoms with Gasteiger partial charge in [-0.25, -0.2) is 4.79 Å². The Morgan fingerprint density at radius 2 is 1.94 bits per heavy atom. The zero-order valence-corrected chi connectivity index (χ0v) is 9.94. The van der Waals surface area contributed by atoms with Gasteiger partial charge in [-0.15, -0.1) is 0 Å². The van der Waals surface area contributed by atoms with E-state index in [2.05, 4.69) is 6.08 Å². The molecular weight excluding hydrogens is 220 g/mol. The van der Waals surface area contributed by atoms with Crippen LogP contribution in [0.3, 0.4) is 0 Å². The highest BCUT2D eigenvalue weighted by Crippen LogP contribution is 2.21. The van der Waals surface area contributed by atoms with Crippen molar-refractivity contribution in [2.24, 2.45) is 0 Å². The molecule has 0 saturated carbocycles. The number of allylic oxidation sites excluding steroid dienone is 1. The number of hydrogen-bond donors (Lipinski definition) is 0. The fraction of sp³-hybridized carbons (Fsp3) is 0.583. The average Bonchev–Trinajstić information content (AvgIpc) is 2.54. The summed E-state index contributed by atoms with van der Waals surface area (Å²) in [6.45, 7) is 0.319. The molecule has 17 heavy (non-hydrogen) atoms. The Balaban J connectivity index is 1.95. The van der Waals surface area contributed by atoms with Crippen molar-refractivity contribution in [2.45, 2.75) is 32.1 Å². The van der Waals surface area contributed by atoms with Gasteiger partial charge in [-0.05, 0) is 32.1 Å². The molecule has 0 spiro atoms. The number of likely N-dealkylation sites (N-methyl/N-ethyl adjacent to an activating group) is 1. The summed E-state index contributed by atoms with van der Waals surface area (Å²) in [6, 6.07) is -0.503. The second kappa shape index (κ2) is 4.69. The minimum Gasteiger partial charge on any atom is -0.263 e. The molecule has 0 bridgehead atoms. The molecule has 1 saturated heterocycles. The van der Waals surface area contributed by atoms with Crippen molar-refractivity contribution in [3.05, 3.63) is 11.6 Å². The topological polar surface area (TPSA) is 57.7 Å². The highest BCUT2D eigenvalue weighted by atomic mass is 16.2. The van der Waals surface area contributed by atoms with E-state index in [1.54, 1.807) is 0 Å². The third kappa shape index (κ3) is 2.23. The monoisotopic (exact) mass is 236 g/mol. The van der Waals surface area contributed by atoms with Gasteiger partial charge < -0.3 is 0 Å². The van der Waals surface area contributed by atoms with Crippen molar-refractivity contribution in [3.8, 4) is 0 Å². The molecule has 0 N–H and O–H groups in total. The van der Waals surface area contributed by atoms with Gasteiger partial charge in [-0.1, -0.05) is 11.6 Å². The van der Waals surface area contributed by atoms with Crippen LogP contribution in [0.5, 0.6) is 0 Å². The minimum atomic E-state index is -0.729. The molecule has 1 aliphatic heterocycles. The van der Waals surface area contributed by atoms with Gasteiger partial charge in [-0.2, -0.15) is 0 Å². The molecule has 2 rings (SSSR count). The van der Waals surface area contributed by atoms with E-state index in [4.69, 9.17) is 0 Å². The van der Waals surface area contributed by atoms with Gasteiger partial charge in [0.25, 0.3) is 0 Å². The van der Waals surface area contributed by atoms with Crippen LogP contribution in [-0.4, -0.2) is 41.2 Å². The smallest absolute Gasteiger partial charge is 0.263 e. The van der Waals surface area contributed by atoms with Gasteiger partial charge in [0.2, 0.25) is 0 Å². The number of urea groups is 1. The minimum absolute atomic E-state index is 0.319. The standard InChI is InChI=1S/C12H16N2O3/c1-13-10(15)11(16)14(12(13)17)8-7-9-5-3-2-4-6-9/h5H,2-4,6-8H2,1H3. The highest BCUT2D eigenvalue weighted by molar-refractivity contribution is 6.44. The van der Waals surface area contributed by atoms with Crippen LogP contribution in [0, 0.1) is 0 Å². The van der Waals surface area contributed by atoms with Crippen molar-refractivity contribution < 1.29 is 14.4 Å². The van der Waals surface area contributed by atoms with E-state index in [-0.39, 0.29) is 0 Å². The molecular formula is C12H16N2O3. The molecule has 92 valence electrons. The van der Waals surface area contributed by atoms with E-state index in [1.807, 2.05) is 0 Å². The van der Waals surface area contributed by atoms with Gasteiger partial charge in [0.15, 0.2) is 0 Å². The van der Waals surface area contributed by atoms with Gasteiger partial charge >= 0.3 is 17.8 Å². The van der Waals surface area contributed by atoms with Crippen LogP contribution in [0.25, 0.3) is 0 Å². The number of carbonyl (C=O) groups is 3. The van der Waals surface area contributed by atoms with E-state index >= 15 is 0 Å². The van der Waals surface area contributed by atoms with Gasteiger partial charge in [0.1, 0.15) is 0 Å². The third-order valence-corrected chi connectivity index (χ3v) is 3.29. The third-order valence-electron chi connectivity index (χ3n) is 3.29. The Morgan fingerprint density at radius 3 is 2.47 bits per heavy atom. The lowest BCUT2D eigenvalue weighted by Crippen LogP contribution is -2.32. The first kappa shape index (κ1) is 11.8. The van der Waals surface area contributed by atoms with Gasteiger partial charge in [0, 0.05) is 13.6 Å². The maximum Gasteiger partial charge on any atom is 0.333 e. The fourth-order valence-corrected chi connectivity index (χ4v) is 2.20. The maximum absolute atomic E-state index is 11.6. The van der Waals surface area contributed by atoms with Gasteiger partial charge in [0.05, 0.1) is 0 Å². The number of amides is 4. The van der Waals surface area contributed by atoms with E-state index in [0.717, 1.165) is 22.6 Å². The first-order valence-electron chi connectivity index (χ1n) is 5.92. The van der Waals surface area contributed by atoms with E-state index in [1.165, 1.54) is 25.5 Å². The van der Waals surface area contributed by atoms with Crippen molar-refractivity contribution in [1.82, 2.24) is 9.80 Å². The Kier molecular flexibility index (Phi) is 3.26. The number of rotatable bonds is 3. The first-order chi connectivity index (χ1) is 8.11. The summed E-state index contributed by atoms with van der Waals surface area (Å²) < 4.78 is 0. The summed E-state index contributed by atoms with van der Waals surface area (Å²) in [5.41, 5.74) is 1.29. The zero-order chi connectivity index (χ0) is 12.4. The SMILES string of the molecule is CN1C(=O)C(=O)N(CCC2=CCCCC2)C1=O. The van der Waals surface area contributed by atoms with Crippen LogP contribution < -0.4 is 0 Å². The molecule has 0 aromatic heterocycles. The molecule has 0 atom stereocenters. The molecule has 5 heteroatoms. The molecule has 1 aliphatic carbocycles. The first-order valence-corrected chi connectivity index (χ1v) is 5.92. The number of nitrogens with zero attached hydrogens (tertiary/aromatic N) is 2. The van der Waals surface area contributed by atoms with Crippen molar-refractivity contribution in [2.75, 3.05) is 13.6 Å². The zero-order valence-electron chi connectivity index (χ0n) is 9.94. The van der Waals surface area contributed by atoms with Gasteiger partial charge in [-0.3, -0.25) is 19.4 Å². The molecule has 1 heterocycles. The summed E-state index contributed by atoms with van der Waals surface area (Å²) in [4.78, 5) is 36.3. The van der Waals surface area contributed by atoms with E-state index < -0.39 is 17.8 Å². The van der Waals surface area contributed by atoms with Crippen molar-refractivity contribution in [1.29, 1.82) is 0 Å². The van der Waals surface area contributed by atoms with Crippen molar-refractivity contribution in [3.63, 3.8) is 0 Å². The maximum atomic E-state index is 11.6. The summed E-state index contributed by atoms with van der Waals surface area (Å²) in [6.07, 6.45) is 7.38. The second-order valence-corrected chi connectivity index (χ2v) is 4.46. The second-order valence-electron chi connectivity index (χ2n) is 4.46. The summed E-state index contributed by atoms with van der Waals surface area (Å²) in [5, 5.41) is 0. The summed E-state index contributed by atoms with van der Waals surface area (Å²) in [5.74, 6) is -1.43. The Bertz CT molecular complexity index is 401. The highest BCUT2D eigenvalue weighted by Gasteiger charge is 2.41. The molecule has 0 aromatic carbocycles. The van der Waals surface area contributed by atoms with Crippen LogP contribution in [0.4, 0.5) is 4.79 Å². The molecule has 4 amide bonds. The van der Waals surface area contributed by atoms with Crippen LogP contribution >= 0.6 is 0 Å². The molecule has 0 unspecified atom stereocenters. The molecule has 0 radical (unpaired) electrons. The predicted molar refractivity (Wildman–Crippen MR) is 61.0 cm³/mol. The normalized spacial score (nSPS) is 21.2. The number of imide groups is 2. The van der Waals surface area contributed by atoms with Crippen molar-refractivity contribution >= 4 is 17.8 Å². The quantitative estimate of drug-likeness (QED) is 0.421. The summed E-state index contributed by atoms with van der Waals surface area (Å²) >= 11 is 0. The molecule has 0 aromatic rings. The van der Waals surface area contributed by atoms with Crippen LogP contribution in [0.15, 0.2) is 11.6 Å². The molecule has 5 nitrogen and oxygen atoms in total.